The van der Waals surface area contributed by atoms with Gasteiger partial charge in [0.2, 0.25) is 0 Å². The van der Waals surface area contributed by atoms with Gasteiger partial charge in [-0.25, -0.2) is 4.68 Å². The first kappa shape index (κ1) is 22.0. The summed E-state index contributed by atoms with van der Waals surface area (Å²) < 4.78 is 1.30. The van der Waals surface area contributed by atoms with Crippen molar-refractivity contribution in [1.82, 2.24) is 20.3 Å². The average Bonchev–Trinajstić information content (AvgIpc) is 3.06. The fourth-order valence-corrected chi connectivity index (χ4v) is 3.53. The normalized spacial score (nSPS) is 10.8. The van der Waals surface area contributed by atoms with Crippen LogP contribution in [0.3, 0.4) is 0 Å². The zero-order valence-corrected chi connectivity index (χ0v) is 17.7. The Hall–Kier alpha value is -2.65. The first-order valence-electron chi connectivity index (χ1n) is 8.68. The molecule has 0 unspecified atom stereocenters. The first-order chi connectivity index (χ1) is 14.3. The van der Waals surface area contributed by atoms with Crippen LogP contribution >= 0.6 is 34.8 Å². The molecule has 2 aromatic carbocycles. The molecule has 0 fully saturated rings. The number of carbonyl (C=O) groups excluding carboxylic acids is 2. The number of ketones is 1. The van der Waals surface area contributed by atoms with Gasteiger partial charge in [0, 0.05) is 17.1 Å². The van der Waals surface area contributed by atoms with Crippen LogP contribution in [0.5, 0.6) is 0 Å². The second-order valence-corrected chi connectivity index (χ2v) is 7.48. The molecule has 156 valence electrons. The zero-order valence-electron chi connectivity index (χ0n) is 15.4. The van der Waals surface area contributed by atoms with Gasteiger partial charge in [-0.2, -0.15) is 0 Å². The van der Waals surface area contributed by atoms with Crippen LogP contribution in [0.2, 0.25) is 15.1 Å². The molecule has 11 heteroatoms. The lowest BCUT2D eigenvalue weighted by Gasteiger charge is -2.10. The Balaban J connectivity index is 1.84. The minimum absolute atomic E-state index is 0.0407. The largest absolute Gasteiger partial charge is 0.395 e. The Morgan fingerprint density at radius 1 is 1.10 bits per heavy atom. The summed E-state index contributed by atoms with van der Waals surface area (Å²) in [5.41, 5.74) is 7.06. The van der Waals surface area contributed by atoms with E-state index in [9.17, 15) is 9.59 Å². The highest BCUT2D eigenvalue weighted by Gasteiger charge is 2.20. The Kier molecular flexibility index (Phi) is 6.94. The van der Waals surface area contributed by atoms with E-state index in [1.165, 1.54) is 4.68 Å². The number of hydrogen-bond donors (Lipinski definition) is 3. The third-order valence-corrected chi connectivity index (χ3v) is 5.00. The number of aliphatic hydroxyl groups excluding tert-OH is 1. The van der Waals surface area contributed by atoms with Crippen LogP contribution in [0.1, 0.15) is 32.0 Å². The SMILES string of the molecule is Nc1c(C(=O)NCCO)nnn1Cc1cc(Cl)c(C(=O)c2ccc(Cl)cc2)c(Cl)c1. The average molecular weight is 469 g/mol. The van der Waals surface area contributed by atoms with Crippen LogP contribution in [0, 0.1) is 0 Å². The lowest BCUT2D eigenvalue weighted by atomic mass is 10.0. The summed E-state index contributed by atoms with van der Waals surface area (Å²) in [7, 11) is 0. The third-order valence-electron chi connectivity index (χ3n) is 4.15. The van der Waals surface area contributed by atoms with E-state index < -0.39 is 5.91 Å². The van der Waals surface area contributed by atoms with E-state index >= 15 is 0 Å². The molecule has 0 saturated carbocycles. The van der Waals surface area contributed by atoms with Gasteiger partial charge in [-0.05, 0) is 42.0 Å². The van der Waals surface area contributed by atoms with Crippen molar-refractivity contribution in [2.24, 2.45) is 0 Å². The highest BCUT2D eigenvalue weighted by molar-refractivity contribution is 6.41. The van der Waals surface area contributed by atoms with E-state index in [0.717, 1.165) is 0 Å². The van der Waals surface area contributed by atoms with Gasteiger partial charge < -0.3 is 16.2 Å². The molecule has 30 heavy (non-hydrogen) atoms. The van der Waals surface area contributed by atoms with Crippen molar-refractivity contribution in [3.8, 4) is 0 Å². The van der Waals surface area contributed by atoms with E-state index in [4.69, 9.17) is 45.6 Å². The topological polar surface area (TPSA) is 123 Å². The van der Waals surface area contributed by atoms with Gasteiger partial charge in [0.15, 0.2) is 17.3 Å². The number of aliphatic hydroxyl groups is 1. The second kappa shape index (κ2) is 9.44. The summed E-state index contributed by atoms with van der Waals surface area (Å²) in [4.78, 5) is 24.7. The van der Waals surface area contributed by atoms with Crippen molar-refractivity contribution in [2.75, 3.05) is 18.9 Å². The summed E-state index contributed by atoms with van der Waals surface area (Å²) >= 11 is 18.5. The van der Waals surface area contributed by atoms with E-state index in [-0.39, 0.29) is 52.6 Å². The van der Waals surface area contributed by atoms with Gasteiger partial charge in [0.25, 0.3) is 5.91 Å². The number of nitrogen functional groups attached to an aromatic ring is 1. The molecular weight excluding hydrogens is 453 g/mol. The number of benzene rings is 2. The number of nitrogens with two attached hydrogens (primary N) is 1. The van der Waals surface area contributed by atoms with Crippen LogP contribution in [0.15, 0.2) is 36.4 Å². The molecule has 0 aliphatic rings. The number of aromatic nitrogens is 3. The highest BCUT2D eigenvalue weighted by Crippen LogP contribution is 2.30. The molecule has 3 rings (SSSR count). The van der Waals surface area contributed by atoms with E-state index in [1.54, 1.807) is 36.4 Å². The predicted molar refractivity (Wildman–Crippen MR) is 114 cm³/mol. The smallest absolute Gasteiger partial charge is 0.275 e. The molecule has 0 radical (unpaired) electrons. The quantitative estimate of drug-likeness (QED) is 0.458. The number of rotatable bonds is 7. The van der Waals surface area contributed by atoms with Gasteiger partial charge in [0.05, 0.1) is 28.8 Å². The van der Waals surface area contributed by atoms with Crippen LogP contribution < -0.4 is 11.1 Å². The van der Waals surface area contributed by atoms with E-state index in [0.29, 0.717) is 16.1 Å². The van der Waals surface area contributed by atoms with Crippen LogP contribution in [0.4, 0.5) is 5.82 Å². The maximum atomic E-state index is 12.8. The summed E-state index contributed by atoms with van der Waals surface area (Å²) in [5, 5.41) is 19.7. The second-order valence-electron chi connectivity index (χ2n) is 6.23. The molecule has 0 aliphatic carbocycles. The minimum atomic E-state index is -0.548. The summed E-state index contributed by atoms with van der Waals surface area (Å²) in [6, 6.07) is 9.53. The molecule has 0 atom stereocenters. The standard InChI is InChI=1S/C19H16Cl3N5O3/c20-12-3-1-11(2-4-12)17(29)15-13(21)7-10(8-14(15)22)9-27-18(23)16(25-26-27)19(30)24-5-6-28/h1-4,7-8,28H,5-6,9,23H2,(H,24,30). The third kappa shape index (κ3) is 4.73. The number of amides is 1. The Labute approximate surface area is 186 Å². The fraction of sp³-hybridized carbons (Fsp3) is 0.158. The van der Waals surface area contributed by atoms with Crippen molar-refractivity contribution < 1.29 is 14.7 Å². The van der Waals surface area contributed by atoms with Crippen molar-refractivity contribution in [1.29, 1.82) is 0 Å². The number of anilines is 1. The van der Waals surface area contributed by atoms with Gasteiger partial charge in [0.1, 0.15) is 0 Å². The number of nitrogens with one attached hydrogen (secondary N) is 1. The molecule has 4 N–H and O–H groups in total. The predicted octanol–water partition coefficient (Wildman–Crippen LogP) is 2.82. The highest BCUT2D eigenvalue weighted by atomic mass is 35.5. The summed E-state index contributed by atoms with van der Waals surface area (Å²) in [6.07, 6.45) is 0. The van der Waals surface area contributed by atoms with Crippen LogP contribution in [0.25, 0.3) is 0 Å². The van der Waals surface area contributed by atoms with Gasteiger partial charge in [-0.1, -0.05) is 40.0 Å². The van der Waals surface area contributed by atoms with E-state index in [2.05, 4.69) is 15.6 Å². The molecule has 1 amide bonds. The first-order valence-corrected chi connectivity index (χ1v) is 9.81. The minimum Gasteiger partial charge on any atom is -0.395 e. The molecule has 0 saturated heterocycles. The Morgan fingerprint density at radius 3 is 2.33 bits per heavy atom. The number of nitrogens with zero attached hydrogens (tertiary/aromatic N) is 3. The molecule has 1 aromatic heterocycles. The molecule has 0 bridgehead atoms. The van der Waals surface area contributed by atoms with Crippen LogP contribution in [-0.2, 0) is 6.54 Å². The Bertz CT molecular complexity index is 1080. The van der Waals surface area contributed by atoms with Gasteiger partial charge in [-0.3, -0.25) is 9.59 Å². The van der Waals surface area contributed by atoms with Crippen molar-refractivity contribution in [3.63, 3.8) is 0 Å². The van der Waals surface area contributed by atoms with Gasteiger partial charge >= 0.3 is 0 Å². The van der Waals surface area contributed by atoms with Crippen molar-refractivity contribution in [3.05, 3.63) is 73.9 Å². The monoisotopic (exact) mass is 467 g/mol. The summed E-state index contributed by atoms with van der Waals surface area (Å²) in [5.74, 6) is -0.844. The molecule has 8 nitrogen and oxygen atoms in total. The maximum absolute atomic E-state index is 12.8. The summed E-state index contributed by atoms with van der Waals surface area (Å²) in [6.45, 7) is -0.0156. The van der Waals surface area contributed by atoms with Crippen LogP contribution in [-0.4, -0.2) is 44.9 Å². The zero-order chi connectivity index (χ0) is 21.8. The van der Waals surface area contributed by atoms with Gasteiger partial charge in [-0.15, -0.1) is 5.10 Å². The number of hydrogen-bond acceptors (Lipinski definition) is 6. The van der Waals surface area contributed by atoms with E-state index in [1.807, 2.05) is 0 Å². The number of carbonyl (C=O) groups is 2. The molecular formula is C19H16Cl3N5O3. The maximum Gasteiger partial charge on any atom is 0.275 e. The molecule has 0 aliphatic heterocycles. The lowest BCUT2D eigenvalue weighted by Crippen LogP contribution is -2.27. The molecule has 1 heterocycles. The molecule has 3 aromatic rings. The Morgan fingerprint density at radius 2 is 1.73 bits per heavy atom. The fourth-order valence-electron chi connectivity index (χ4n) is 2.70. The number of halogens is 3. The lowest BCUT2D eigenvalue weighted by molar-refractivity contribution is 0.0940. The van der Waals surface area contributed by atoms with Crippen molar-refractivity contribution >= 4 is 52.3 Å². The molecule has 0 spiro atoms. The van der Waals surface area contributed by atoms with Crippen molar-refractivity contribution in [2.45, 2.75) is 6.54 Å².